The van der Waals surface area contributed by atoms with Crippen LogP contribution in [0.5, 0.6) is 11.5 Å². The number of amides is 1. The minimum absolute atomic E-state index is 0.0628. The maximum atomic E-state index is 11.9. The average Bonchev–Trinajstić information content (AvgIpc) is 2.89. The SMILES string of the molecule is CN(CC(=O)NC(C)(C)C)C(=S)NCc1ccc2c(c1)OCO2. The van der Waals surface area contributed by atoms with E-state index in [1.807, 2.05) is 39.0 Å². The van der Waals surface area contributed by atoms with Crippen molar-refractivity contribution in [2.24, 2.45) is 0 Å². The molecule has 1 aromatic carbocycles. The maximum Gasteiger partial charge on any atom is 0.239 e. The lowest BCUT2D eigenvalue weighted by atomic mass is 10.1. The minimum atomic E-state index is -0.251. The molecule has 1 heterocycles. The standard InChI is InChI=1S/C16H23N3O3S/c1-16(2,3)18-14(20)9-19(4)15(23)17-8-11-5-6-12-13(7-11)22-10-21-12/h5-7H,8-10H2,1-4H3,(H,17,23)(H,18,20). The monoisotopic (exact) mass is 337 g/mol. The lowest BCUT2D eigenvalue weighted by molar-refractivity contribution is -0.122. The summed E-state index contributed by atoms with van der Waals surface area (Å²) in [6.45, 7) is 6.87. The van der Waals surface area contributed by atoms with Crippen molar-refractivity contribution in [2.45, 2.75) is 32.9 Å². The number of benzene rings is 1. The molecule has 0 aromatic heterocycles. The van der Waals surface area contributed by atoms with Gasteiger partial charge in [-0.1, -0.05) is 6.07 Å². The average molecular weight is 337 g/mol. The van der Waals surface area contributed by atoms with Crippen molar-refractivity contribution in [3.8, 4) is 11.5 Å². The summed E-state index contributed by atoms with van der Waals surface area (Å²) in [5.74, 6) is 1.44. The van der Waals surface area contributed by atoms with Gasteiger partial charge < -0.3 is 25.0 Å². The second-order valence-electron chi connectivity index (χ2n) is 6.50. The Balaban J connectivity index is 1.81. The molecule has 2 N–H and O–H groups in total. The van der Waals surface area contributed by atoms with Crippen LogP contribution in [0, 0.1) is 0 Å². The van der Waals surface area contributed by atoms with Gasteiger partial charge in [-0.05, 0) is 50.7 Å². The molecule has 7 heteroatoms. The number of hydrogen-bond acceptors (Lipinski definition) is 4. The van der Waals surface area contributed by atoms with Gasteiger partial charge in [0.2, 0.25) is 12.7 Å². The predicted molar refractivity (Wildman–Crippen MR) is 92.5 cm³/mol. The Morgan fingerprint density at radius 1 is 1.30 bits per heavy atom. The number of nitrogens with one attached hydrogen (secondary N) is 2. The van der Waals surface area contributed by atoms with Crippen LogP contribution in [0.2, 0.25) is 0 Å². The van der Waals surface area contributed by atoms with Crippen LogP contribution in [0.1, 0.15) is 26.3 Å². The van der Waals surface area contributed by atoms with E-state index >= 15 is 0 Å². The molecule has 6 nitrogen and oxygen atoms in total. The van der Waals surface area contributed by atoms with Crippen LogP contribution in [0.25, 0.3) is 0 Å². The fourth-order valence-corrected chi connectivity index (χ4v) is 2.25. The third-order valence-electron chi connectivity index (χ3n) is 3.12. The van der Waals surface area contributed by atoms with Crippen molar-refractivity contribution in [3.63, 3.8) is 0 Å². The molecular formula is C16H23N3O3S. The predicted octanol–water partition coefficient (Wildman–Crippen LogP) is 1.64. The molecular weight excluding hydrogens is 314 g/mol. The largest absolute Gasteiger partial charge is 0.454 e. The topological polar surface area (TPSA) is 62.8 Å². The van der Waals surface area contributed by atoms with Crippen LogP contribution in [-0.4, -0.2) is 41.8 Å². The van der Waals surface area contributed by atoms with Crippen molar-refractivity contribution in [2.75, 3.05) is 20.4 Å². The van der Waals surface area contributed by atoms with Gasteiger partial charge in [0.1, 0.15) is 0 Å². The van der Waals surface area contributed by atoms with Crippen molar-refractivity contribution >= 4 is 23.2 Å². The number of ether oxygens (including phenoxy) is 2. The van der Waals surface area contributed by atoms with E-state index in [4.69, 9.17) is 21.7 Å². The third-order valence-corrected chi connectivity index (χ3v) is 3.58. The lowest BCUT2D eigenvalue weighted by Crippen LogP contribution is -2.48. The highest BCUT2D eigenvalue weighted by molar-refractivity contribution is 7.80. The van der Waals surface area contributed by atoms with Crippen LogP contribution in [0.15, 0.2) is 18.2 Å². The second kappa shape index (κ2) is 7.04. The molecule has 0 unspecified atom stereocenters. The van der Waals surface area contributed by atoms with E-state index in [1.54, 1.807) is 11.9 Å². The van der Waals surface area contributed by atoms with E-state index in [1.165, 1.54) is 0 Å². The summed E-state index contributed by atoms with van der Waals surface area (Å²) in [7, 11) is 1.79. The molecule has 1 aliphatic rings. The molecule has 2 rings (SSSR count). The van der Waals surface area contributed by atoms with Crippen molar-refractivity contribution in [1.82, 2.24) is 15.5 Å². The summed E-state index contributed by atoms with van der Waals surface area (Å²) in [6.07, 6.45) is 0. The lowest BCUT2D eigenvalue weighted by Gasteiger charge is -2.25. The summed E-state index contributed by atoms with van der Waals surface area (Å²) in [6, 6.07) is 5.75. The number of likely N-dealkylation sites (N-methyl/N-ethyl adjacent to an activating group) is 1. The fourth-order valence-electron chi connectivity index (χ4n) is 2.11. The zero-order chi connectivity index (χ0) is 17.0. The normalized spacial score (nSPS) is 12.7. The first-order valence-electron chi connectivity index (χ1n) is 7.43. The molecule has 0 fully saturated rings. The molecule has 1 aromatic rings. The van der Waals surface area contributed by atoms with E-state index in [-0.39, 0.29) is 24.8 Å². The molecule has 0 aliphatic carbocycles. The third kappa shape index (κ3) is 5.28. The van der Waals surface area contributed by atoms with Gasteiger partial charge in [-0.15, -0.1) is 0 Å². The molecule has 126 valence electrons. The Morgan fingerprint density at radius 2 is 2.00 bits per heavy atom. The van der Waals surface area contributed by atoms with Gasteiger partial charge in [0.05, 0.1) is 6.54 Å². The molecule has 0 bridgehead atoms. The summed E-state index contributed by atoms with van der Waals surface area (Å²) in [5.41, 5.74) is 0.781. The van der Waals surface area contributed by atoms with Crippen LogP contribution in [-0.2, 0) is 11.3 Å². The van der Waals surface area contributed by atoms with E-state index in [9.17, 15) is 4.79 Å². The number of fused-ring (bicyclic) bond motifs is 1. The van der Waals surface area contributed by atoms with Gasteiger partial charge >= 0.3 is 0 Å². The quantitative estimate of drug-likeness (QED) is 0.815. The van der Waals surface area contributed by atoms with E-state index in [0.717, 1.165) is 17.1 Å². The summed E-state index contributed by atoms with van der Waals surface area (Å²) in [4.78, 5) is 13.6. The zero-order valence-electron chi connectivity index (χ0n) is 13.9. The van der Waals surface area contributed by atoms with Crippen LogP contribution in [0.3, 0.4) is 0 Å². The highest BCUT2D eigenvalue weighted by Crippen LogP contribution is 2.32. The Hall–Kier alpha value is -2.02. The van der Waals surface area contributed by atoms with Gasteiger partial charge in [0, 0.05) is 19.1 Å². The van der Waals surface area contributed by atoms with Gasteiger partial charge in [-0.25, -0.2) is 0 Å². The summed E-state index contributed by atoms with van der Waals surface area (Å²) in [5, 5.41) is 6.57. The summed E-state index contributed by atoms with van der Waals surface area (Å²) < 4.78 is 10.6. The van der Waals surface area contributed by atoms with Gasteiger partial charge in [0.25, 0.3) is 0 Å². The number of nitrogens with zero attached hydrogens (tertiary/aromatic N) is 1. The van der Waals surface area contributed by atoms with Crippen LogP contribution < -0.4 is 20.1 Å². The first-order chi connectivity index (χ1) is 10.7. The maximum absolute atomic E-state index is 11.9. The Morgan fingerprint density at radius 3 is 2.70 bits per heavy atom. The molecule has 0 radical (unpaired) electrons. The minimum Gasteiger partial charge on any atom is -0.454 e. The van der Waals surface area contributed by atoms with Crippen LogP contribution in [0.4, 0.5) is 0 Å². The van der Waals surface area contributed by atoms with Gasteiger partial charge in [-0.3, -0.25) is 4.79 Å². The number of rotatable bonds is 4. The smallest absolute Gasteiger partial charge is 0.239 e. The molecule has 23 heavy (non-hydrogen) atoms. The van der Waals surface area contributed by atoms with Gasteiger partial charge in [-0.2, -0.15) is 0 Å². The van der Waals surface area contributed by atoms with Crippen LogP contribution >= 0.6 is 12.2 Å². The van der Waals surface area contributed by atoms with Crippen molar-refractivity contribution in [1.29, 1.82) is 0 Å². The molecule has 1 amide bonds. The first kappa shape index (κ1) is 17.3. The first-order valence-corrected chi connectivity index (χ1v) is 7.84. The van der Waals surface area contributed by atoms with E-state index in [2.05, 4.69) is 10.6 Å². The number of hydrogen-bond donors (Lipinski definition) is 2. The van der Waals surface area contributed by atoms with Crippen molar-refractivity contribution < 1.29 is 14.3 Å². The molecule has 0 spiro atoms. The van der Waals surface area contributed by atoms with E-state index in [0.29, 0.717) is 11.7 Å². The Labute approximate surface area is 142 Å². The fraction of sp³-hybridized carbons (Fsp3) is 0.500. The Bertz CT molecular complexity index is 599. The number of thiocarbonyl (C=S) groups is 1. The van der Waals surface area contributed by atoms with Crippen molar-refractivity contribution in [3.05, 3.63) is 23.8 Å². The molecule has 0 saturated carbocycles. The highest BCUT2D eigenvalue weighted by Gasteiger charge is 2.17. The Kier molecular flexibility index (Phi) is 5.30. The zero-order valence-corrected chi connectivity index (χ0v) is 14.8. The second-order valence-corrected chi connectivity index (χ2v) is 6.89. The van der Waals surface area contributed by atoms with Gasteiger partial charge in [0.15, 0.2) is 16.6 Å². The highest BCUT2D eigenvalue weighted by atomic mass is 32.1. The number of carbonyl (C=O) groups excluding carboxylic acids is 1. The summed E-state index contributed by atoms with van der Waals surface area (Å²) >= 11 is 5.31. The molecule has 0 atom stereocenters. The number of carbonyl (C=O) groups is 1. The van der Waals surface area contributed by atoms with E-state index < -0.39 is 0 Å². The molecule has 0 saturated heterocycles. The molecule has 1 aliphatic heterocycles.